The third kappa shape index (κ3) is 15.1. The van der Waals surface area contributed by atoms with Gasteiger partial charge in [-0.1, -0.05) is 70.8 Å². The van der Waals surface area contributed by atoms with Crippen LogP contribution in [0.25, 0.3) is 102 Å². The molecule has 12 aromatic rings. The van der Waals surface area contributed by atoms with E-state index in [2.05, 4.69) is 42.7 Å². The van der Waals surface area contributed by atoms with Gasteiger partial charge >= 0.3 is 0 Å². The molecule has 2 saturated carbocycles. The Kier molecular flexibility index (Phi) is 20.1. The summed E-state index contributed by atoms with van der Waals surface area (Å²) in [5.74, 6) is 1.67. The normalized spacial score (nSPS) is 14.0. The van der Waals surface area contributed by atoms with Crippen molar-refractivity contribution in [3.8, 4) is 102 Å². The maximum absolute atomic E-state index is 14.7. The predicted octanol–water partition coefficient (Wildman–Crippen LogP) is 15.6. The highest BCUT2D eigenvalue weighted by Crippen LogP contribution is 2.40. The van der Waals surface area contributed by atoms with E-state index in [-0.39, 0.29) is 59.8 Å². The number of pyridine rings is 3. The molecule has 0 amide bonds. The van der Waals surface area contributed by atoms with Crippen molar-refractivity contribution in [3.05, 3.63) is 229 Å². The maximum atomic E-state index is 14.7. The highest BCUT2D eigenvalue weighted by atomic mass is 19.1. The third-order valence-corrected chi connectivity index (χ3v) is 17.9. The smallest absolute Gasteiger partial charge is 0.250 e. The molecule has 0 spiro atoms. The Morgan fingerprint density at radius 2 is 0.969 bits per heavy atom. The number of nitrogens with zero attached hydrogens (tertiary/aromatic N) is 12. The molecule has 21 nitrogen and oxygen atoms in total. The second-order valence-corrected chi connectivity index (χ2v) is 25.6. The van der Waals surface area contributed by atoms with Crippen LogP contribution in [-0.2, 0) is 6.54 Å². The summed E-state index contributed by atoms with van der Waals surface area (Å²) in [4.78, 5) is 64.8. The topological polar surface area (TPSA) is 285 Å². The van der Waals surface area contributed by atoms with Crippen LogP contribution >= 0.6 is 0 Å². The lowest BCUT2D eigenvalue weighted by Crippen LogP contribution is -2.23. The second kappa shape index (κ2) is 29.3. The molecule has 2 aliphatic rings. The number of nitrogens with two attached hydrogens (primary N) is 2. The maximum Gasteiger partial charge on any atom is 0.250 e. The number of hydrogen-bond donors (Lipinski definition) is 3. The van der Waals surface area contributed by atoms with Crippen LogP contribution in [-0.4, -0.2) is 66.1 Å². The van der Waals surface area contributed by atoms with E-state index in [4.69, 9.17) is 40.0 Å². The van der Waals surface area contributed by atoms with Gasteiger partial charge < -0.3 is 44.1 Å². The number of nitrogens with one attached hydrogen (secondary N) is 1. The number of hydrogen-bond acceptors (Lipinski definition) is 18. The van der Waals surface area contributed by atoms with Crippen molar-refractivity contribution in [2.45, 2.75) is 131 Å². The van der Waals surface area contributed by atoms with E-state index in [1.807, 2.05) is 145 Å². The molecule has 0 bridgehead atoms. The first-order chi connectivity index (χ1) is 47.3. The van der Waals surface area contributed by atoms with E-state index < -0.39 is 0 Å². The van der Waals surface area contributed by atoms with Gasteiger partial charge in [0, 0.05) is 132 Å². The zero-order valence-electron chi connectivity index (χ0n) is 56.3. The molecular formula is C76H88FN15O6. The molecule has 9 aromatic heterocycles. The SMILES string of the molecule is CNCc1ccc(-c2cc(-c3nc(-c4ccc(=O)n(C(C)C5CC5)c4)cnc3C)on2)c(F)c1.Cc1ncc(-c2ccc(=O)n(C(C)C)c2)nc1-c1cc(-c2cccc(C(C)N)c2)no1.Cc1ncc(-c2ccc(=O)n(C3CCCC3)c2)nc1-c1cc(-c2cccc(C(C)N)c2)no1.[HH].[HH].[HH].[HH].[HH]. The monoisotopic (exact) mass is 1330 g/mol. The lowest BCUT2D eigenvalue weighted by atomic mass is 10.0. The Hall–Kier alpha value is -10.8. The predicted molar refractivity (Wildman–Crippen MR) is 386 cm³/mol. The summed E-state index contributed by atoms with van der Waals surface area (Å²) in [6, 6.07) is 36.7. The standard InChI is InChI=1S/C26H26FN5O2.C26H27N5O2.C24H25N5O2.5H2/c1-15-26(24-11-22(31-34-24)20-8-4-17(12-28-3)10-21(20)27)30-23(13-29-15)19-7-9-25(33)32(14-19)16(2)18-5-6-18;1-16(27)18-6-5-7-19(12-18)22-13-24(33-30-22)26-17(2)28-14-23(29-26)20-10-11-25(32)31(15-20)21-8-3-4-9-21;1-14(2)29-13-19(8-9-23(29)30)21-12-26-16(4)24(27-21)22-11-20(28-31-22)18-7-5-6-17(10-18)15(3)25;;;;;/h4,7-11,13-14,16,18,28H,5-6,12H2,1-3H3;5-7,10-16,21H,3-4,8-9,27H2,1-2H3;5-15H,25H2,1-4H3;5*1H. The molecule has 3 unspecified atom stereocenters. The van der Waals surface area contributed by atoms with Crippen LogP contribution in [0, 0.1) is 32.5 Å². The molecule has 0 radical (unpaired) electrons. The van der Waals surface area contributed by atoms with Crippen molar-refractivity contribution in [1.29, 1.82) is 0 Å². The first-order valence-electron chi connectivity index (χ1n) is 33.0. The van der Waals surface area contributed by atoms with Crippen LogP contribution < -0.4 is 33.5 Å². The second-order valence-electron chi connectivity index (χ2n) is 25.6. The fraction of sp³-hybridized carbons (Fsp3) is 0.289. The molecule has 0 saturated heterocycles. The minimum absolute atomic E-state index is 0. The van der Waals surface area contributed by atoms with Gasteiger partial charge in [0.1, 0.15) is 40.0 Å². The molecule has 3 atom stereocenters. The molecule has 3 aromatic carbocycles. The average Bonchev–Trinajstić information content (AvgIpc) is 1.77. The molecule has 510 valence electrons. The largest absolute Gasteiger partial charge is 0.354 e. The van der Waals surface area contributed by atoms with Gasteiger partial charge in [-0.2, -0.15) is 0 Å². The van der Waals surface area contributed by atoms with E-state index in [1.165, 1.54) is 6.07 Å². The van der Waals surface area contributed by atoms with Crippen LogP contribution in [0.4, 0.5) is 4.39 Å². The molecule has 14 rings (SSSR count). The number of aromatic nitrogens is 12. The van der Waals surface area contributed by atoms with Crippen molar-refractivity contribution in [1.82, 2.24) is 64.4 Å². The van der Waals surface area contributed by atoms with Gasteiger partial charge in [-0.15, -0.1) is 0 Å². The number of benzene rings is 3. The van der Waals surface area contributed by atoms with Crippen molar-refractivity contribution >= 4 is 0 Å². The lowest BCUT2D eigenvalue weighted by Gasteiger charge is -2.15. The molecular weight excluding hydrogens is 1240 g/mol. The zero-order valence-corrected chi connectivity index (χ0v) is 56.3. The van der Waals surface area contributed by atoms with Crippen LogP contribution in [0.5, 0.6) is 0 Å². The Morgan fingerprint density at radius 1 is 0.520 bits per heavy atom. The minimum atomic E-state index is -0.365. The van der Waals surface area contributed by atoms with Gasteiger partial charge in [0.2, 0.25) is 0 Å². The summed E-state index contributed by atoms with van der Waals surface area (Å²) in [7, 11) is 1.81. The molecule has 22 heteroatoms. The van der Waals surface area contributed by atoms with Gasteiger partial charge in [-0.05, 0) is 153 Å². The Morgan fingerprint density at radius 3 is 1.43 bits per heavy atom. The summed E-state index contributed by atoms with van der Waals surface area (Å²) in [5, 5.41) is 15.6. The van der Waals surface area contributed by atoms with Crippen molar-refractivity contribution < 1.29 is 25.1 Å². The van der Waals surface area contributed by atoms with Crippen molar-refractivity contribution in [3.63, 3.8) is 0 Å². The van der Waals surface area contributed by atoms with E-state index >= 15 is 0 Å². The number of rotatable bonds is 17. The average molecular weight is 1330 g/mol. The number of halogens is 1. The summed E-state index contributed by atoms with van der Waals surface area (Å²) in [6.45, 7) is 16.1. The van der Waals surface area contributed by atoms with Crippen LogP contribution in [0.15, 0.2) is 186 Å². The van der Waals surface area contributed by atoms with Crippen molar-refractivity contribution in [2.24, 2.45) is 17.4 Å². The molecule has 0 aliphatic heterocycles. The van der Waals surface area contributed by atoms with Crippen molar-refractivity contribution in [2.75, 3.05) is 7.05 Å². The lowest BCUT2D eigenvalue weighted by molar-refractivity contribution is 0.432. The molecule has 2 aliphatic carbocycles. The summed E-state index contributed by atoms with van der Waals surface area (Å²) in [5.41, 5.74) is 27.3. The summed E-state index contributed by atoms with van der Waals surface area (Å²) in [6.07, 6.45) is 17.4. The highest BCUT2D eigenvalue weighted by molar-refractivity contribution is 5.72. The van der Waals surface area contributed by atoms with Gasteiger partial charge in [-0.3, -0.25) is 29.3 Å². The minimum Gasteiger partial charge on any atom is -0.354 e. The van der Waals surface area contributed by atoms with Gasteiger partial charge in [0.15, 0.2) is 17.3 Å². The number of aryl methyl sites for hydroxylation is 3. The molecule has 9 heterocycles. The Bertz CT molecular complexity index is 5060. The van der Waals surface area contributed by atoms with E-state index in [9.17, 15) is 18.8 Å². The summed E-state index contributed by atoms with van der Waals surface area (Å²) >= 11 is 0. The fourth-order valence-corrected chi connectivity index (χ4v) is 12.0. The van der Waals surface area contributed by atoms with Crippen LogP contribution in [0.1, 0.15) is 144 Å². The van der Waals surface area contributed by atoms with Gasteiger partial charge in [-0.25, -0.2) is 19.3 Å². The zero-order chi connectivity index (χ0) is 68.9. The third-order valence-electron chi connectivity index (χ3n) is 17.9. The molecule has 98 heavy (non-hydrogen) atoms. The highest BCUT2D eigenvalue weighted by Gasteiger charge is 2.30. The van der Waals surface area contributed by atoms with Crippen LogP contribution in [0.3, 0.4) is 0 Å². The Labute approximate surface area is 573 Å². The van der Waals surface area contributed by atoms with Gasteiger partial charge in [0.05, 0.1) is 52.8 Å². The molecule has 5 N–H and O–H groups in total. The van der Waals surface area contributed by atoms with E-state index in [0.717, 1.165) is 94.4 Å². The van der Waals surface area contributed by atoms with Crippen LogP contribution in [0.2, 0.25) is 0 Å². The first kappa shape index (κ1) is 67.2. The van der Waals surface area contributed by atoms with E-state index in [1.54, 1.807) is 76.4 Å². The first-order valence-corrected chi connectivity index (χ1v) is 33.0. The quantitative estimate of drug-likeness (QED) is 0.0763. The van der Waals surface area contributed by atoms with E-state index in [0.29, 0.717) is 92.2 Å². The van der Waals surface area contributed by atoms with Gasteiger partial charge in [0.25, 0.3) is 16.7 Å². The summed E-state index contributed by atoms with van der Waals surface area (Å²) < 4.78 is 36.8. The molecule has 2 fully saturated rings. The fourth-order valence-electron chi connectivity index (χ4n) is 12.0. The Balaban J connectivity index is 0.000000211.